The van der Waals surface area contributed by atoms with Gasteiger partial charge in [0, 0.05) is 38.4 Å². The fourth-order valence-electron chi connectivity index (χ4n) is 7.70. The molecule has 0 aliphatic carbocycles. The van der Waals surface area contributed by atoms with Crippen LogP contribution in [0.3, 0.4) is 0 Å². The van der Waals surface area contributed by atoms with Gasteiger partial charge < -0.3 is 4.57 Å². The highest BCUT2D eigenvalue weighted by Crippen LogP contribution is 2.42. The Morgan fingerprint density at radius 3 is 1.43 bits per heavy atom. The number of para-hydroxylation sites is 2. The summed E-state index contributed by atoms with van der Waals surface area (Å²) in [7, 11) is 0. The number of fused-ring (bicyclic) bond motifs is 7. The fourth-order valence-corrected chi connectivity index (χ4v) is 7.70. The highest BCUT2D eigenvalue weighted by atomic mass is 15.2. The van der Waals surface area contributed by atoms with Crippen LogP contribution in [0, 0.1) is 0 Å². The second-order valence-corrected chi connectivity index (χ2v) is 13.3. The monoisotopic (exact) mass is 725 g/mol. The van der Waals surface area contributed by atoms with Gasteiger partial charge in [-0.3, -0.25) is 4.57 Å². The molecule has 0 aliphatic heterocycles. The molecular formula is C51H33N5. The van der Waals surface area contributed by atoms with Crippen molar-refractivity contribution in [3.05, 3.63) is 200 Å². The fraction of sp³-hybridized carbons (Fsp3) is 0. The Bertz CT molecular complexity index is 3680. The van der Waals surface area contributed by atoms with Crippen molar-refractivity contribution in [2.45, 2.75) is 0 Å². The second kappa shape index (κ2) is 13.0. The summed E-state index contributed by atoms with van der Waals surface area (Å²) in [6.07, 6.45) is 0. The quantitative estimate of drug-likeness (QED) is 0.171. The molecular weight excluding hydrogens is 683 g/mol. The van der Waals surface area contributed by atoms with Crippen molar-refractivity contribution in [2.24, 2.45) is 0 Å². The summed E-state index contributed by atoms with van der Waals surface area (Å²) in [6.45, 7) is 0. The minimum Gasteiger partial charge on any atom is -0.307 e. The Kier molecular flexibility index (Phi) is 5.41. The lowest BCUT2D eigenvalue weighted by atomic mass is 9.99. The third kappa shape index (κ3) is 5.21. The summed E-state index contributed by atoms with van der Waals surface area (Å²) >= 11 is 0. The minimum atomic E-state index is -0.615. The summed E-state index contributed by atoms with van der Waals surface area (Å²) < 4.78 is 90.2. The van der Waals surface area contributed by atoms with Crippen LogP contribution in [-0.2, 0) is 0 Å². The normalized spacial score (nSPS) is 14.1. The molecule has 5 nitrogen and oxygen atoms in total. The molecule has 0 saturated carbocycles. The molecule has 56 heavy (non-hydrogen) atoms. The molecule has 0 atom stereocenters. The zero-order valence-corrected chi connectivity index (χ0v) is 29.5. The number of nitrogens with zero attached hydrogens (tertiary/aromatic N) is 5. The number of rotatable bonds is 6. The van der Waals surface area contributed by atoms with Crippen molar-refractivity contribution in [3.8, 4) is 56.7 Å². The topological polar surface area (TPSA) is 48.5 Å². The summed E-state index contributed by atoms with van der Waals surface area (Å²) in [6, 6.07) is 40.9. The summed E-state index contributed by atoms with van der Waals surface area (Å²) in [5.74, 6) is -0.758. The van der Waals surface area contributed by atoms with Crippen LogP contribution >= 0.6 is 0 Å². The van der Waals surface area contributed by atoms with Crippen LogP contribution in [0.2, 0.25) is 0 Å². The number of hydrogen-bond donors (Lipinski definition) is 0. The van der Waals surface area contributed by atoms with E-state index in [1.165, 1.54) is 0 Å². The lowest BCUT2D eigenvalue weighted by Gasteiger charge is -2.14. The Labute approximate surface area is 337 Å². The van der Waals surface area contributed by atoms with Crippen molar-refractivity contribution in [1.29, 1.82) is 0 Å². The van der Waals surface area contributed by atoms with Crippen LogP contribution in [0.15, 0.2) is 200 Å². The van der Waals surface area contributed by atoms with E-state index in [2.05, 4.69) is 88.4 Å². The van der Waals surface area contributed by atoms with Gasteiger partial charge in [0.1, 0.15) is 0 Å². The van der Waals surface area contributed by atoms with Gasteiger partial charge in [0.2, 0.25) is 5.95 Å². The van der Waals surface area contributed by atoms with Crippen molar-refractivity contribution < 1.29 is 13.7 Å². The van der Waals surface area contributed by atoms with Crippen LogP contribution in [-0.4, -0.2) is 24.1 Å². The molecule has 0 unspecified atom stereocenters. The molecule has 0 spiro atoms. The average molecular weight is 726 g/mol. The summed E-state index contributed by atoms with van der Waals surface area (Å²) in [4.78, 5) is 14.3. The van der Waals surface area contributed by atoms with Crippen LogP contribution in [0.1, 0.15) is 13.7 Å². The average Bonchev–Trinajstić information content (AvgIpc) is 3.87. The Morgan fingerprint density at radius 2 is 0.839 bits per heavy atom. The smallest absolute Gasteiger partial charge is 0.238 e. The number of aromatic nitrogens is 5. The van der Waals surface area contributed by atoms with E-state index in [1.807, 2.05) is 65.2 Å². The molecule has 5 heteroatoms. The molecule has 0 bridgehead atoms. The Hall–Kier alpha value is -7.63. The molecule has 0 fully saturated rings. The van der Waals surface area contributed by atoms with E-state index in [0.717, 1.165) is 60.5 Å². The zero-order valence-electron chi connectivity index (χ0n) is 39.5. The van der Waals surface area contributed by atoms with Gasteiger partial charge in [0.05, 0.1) is 35.8 Å². The highest BCUT2D eigenvalue weighted by Gasteiger charge is 2.23. The van der Waals surface area contributed by atoms with Crippen molar-refractivity contribution in [1.82, 2.24) is 24.1 Å². The van der Waals surface area contributed by atoms with Gasteiger partial charge in [-0.2, -0.15) is 9.97 Å². The van der Waals surface area contributed by atoms with Crippen LogP contribution in [0.25, 0.3) is 100 Å². The van der Waals surface area contributed by atoms with E-state index in [-0.39, 0.29) is 28.7 Å². The summed E-state index contributed by atoms with van der Waals surface area (Å²) in [5, 5.41) is 3.54. The maximum Gasteiger partial charge on any atom is 0.238 e. The second-order valence-electron chi connectivity index (χ2n) is 13.3. The van der Waals surface area contributed by atoms with Gasteiger partial charge >= 0.3 is 0 Å². The lowest BCUT2D eigenvalue weighted by molar-refractivity contribution is 0.953. The first-order chi connectivity index (χ1) is 31.9. The van der Waals surface area contributed by atoms with Crippen molar-refractivity contribution in [2.75, 3.05) is 0 Å². The first-order valence-electron chi connectivity index (χ1n) is 23.1. The van der Waals surface area contributed by atoms with E-state index >= 15 is 0 Å². The molecule has 11 rings (SSSR count). The molecule has 0 amide bonds. The van der Waals surface area contributed by atoms with Gasteiger partial charge in [0.15, 0.2) is 11.6 Å². The highest BCUT2D eigenvalue weighted by molar-refractivity contribution is 6.23. The zero-order chi connectivity index (χ0) is 45.7. The largest absolute Gasteiger partial charge is 0.307 e. The molecule has 0 aliphatic rings. The molecule has 11 aromatic rings. The molecule has 0 radical (unpaired) electrons. The molecule has 262 valence electrons. The van der Waals surface area contributed by atoms with Crippen molar-refractivity contribution >= 4 is 43.6 Å². The number of hydrogen-bond acceptors (Lipinski definition) is 3. The molecule has 0 saturated heterocycles. The molecule has 3 aromatic heterocycles. The van der Waals surface area contributed by atoms with Gasteiger partial charge in [-0.1, -0.05) is 170 Å². The van der Waals surface area contributed by atoms with Crippen LogP contribution in [0.5, 0.6) is 0 Å². The lowest BCUT2D eigenvalue weighted by Crippen LogP contribution is -2.07. The maximum atomic E-state index is 8.91. The molecule has 8 aromatic carbocycles. The van der Waals surface area contributed by atoms with Gasteiger partial charge in [0.25, 0.3) is 0 Å². The minimum absolute atomic E-state index is 0.0715. The predicted octanol–water partition coefficient (Wildman–Crippen LogP) is 12.7. The van der Waals surface area contributed by atoms with Gasteiger partial charge in [-0.15, -0.1) is 0 Å². The molecule has 0 N–H and O–H groups in total. The third-order valence-electron chi connectivity index (χ3n) is 10.2. The van der Waals surface area contributed by atoms with Gasteiger partial charge in [-0.25, -0.2) is 4.98 Å². The van der Waals surface area contributed by atoms with Crippen LogP contribution in [0.4, 0.5) is 0 Å². The Balaban J connectivity index is 1.22. The van der Waals surface area contributed by atoms with Crippen LogP contribution < -0.4 is 0 Å². The predicted molar refractivity (Wildman–Crippen MR) is 230 cm³/mol. The van der Waals surface area contributed by atoms with E-state index in [9.17, 15) is 0 Å². The standard InChI is InChI=1S/C51H33N5/c1-4-15-34(16-5-1)38-21-14-22-39(33-38)35-27-29-40(30-28-35)55-45-25-12-10-23-41(45)43-31-32-44-42-24-11-13-26-46(42)56(48(44)47(43)55)51-53-49(36-17-6-2-7-18-36)52-50(54-51)37-19-8-3-9-20-37/h1-33H/i2D,3D,6D,7D,8D,9D,17D,18D,19D,20D. The first-order valence-corrected chi connectivity index (χ1v) is 18.1. The summed E-state index contributed by atoms with van der Waals surface area (Å²) in [5.41, 5.74) is 7.53. The third-order valence-corrected chi connectivity index (χ3v) is 10.2. The van der Waals surface area contributed by atoms with Gasteiger partial charge in [-0.05, 0) is 52.6 Å². The Morgan fingerprint density at radius 1 is 0.357 bits per heavy atom. The SMILES string of the molecule is [2H]c1c([2H])c([2H])c(-c2nc(-c3c([2H])c([2H])c([2H])c([2H])c3[2H])nc(-n3c4ccccc4c4ccc5c6ccccc6n(-c6ccc(-c7cccc(-c8ccccc8)c7)cc6)c5c43)n2)c([2H])c1[2H]. The van der Waals surface area contributed by atoms with Crippen molar-refractivity contribution in [3.63, 3.8) is 0 Å². The van der Waals surface area contributed by atoms with E-state index in [1.54, 1.807) is 0 Å². The number of benzene rings is 8. The van der Waals surface area contributed by atoms with E-state index < -0.39 is 60.4 Å². The van der Waals surface area contributed by atoms with E-state index in [0.29, 0.717) is 11.0 Å². The first kappa shape index (κ1) is 23.2. The maximum absolute atomic E-state index is 8.91. The van der Waals surface area contributed by atoms with E-state index in [4.69, 9.17) is 23.7 Å². The molecule has 3 heterocycles.